The maximum absolute atomic E-state index is 6.73. The maximum atomic E-state index is 6.73. The number of hydrazone groups is 1. The second-order valence-electron chi connectivity index (χ2n) is 8.15. The molecule has 0 bridgehead atoms. The standard InChI is InChI=1S/C22H27N3O3/c1-15(2)24-11-9-22(10-12-24)25-18(14-17(23-25)19-8-5-13-27-19)16-6-4-7-20(26-3)21(16)28-22/h4-8,13,15,18H,9-12,14H2,1-3H3. The fourth-order valence-electron chi connectivity index (χ4n) is 4.74. The molecule has 4 heterocycles. The first-order chi connectivity index (χ1) is 13.6. The van der Waals surface area contributed by atoms with Crippen molar-refractivity contribution in [3.05, 3.63) is 47.9 Å². The normalized spacial score (nSPS) is 23.4. The summed E-state index contributed by atoms with van der Waals surface area (Å²) in [5.41, 5.74) is 1.69. The van der Waals surface area contributed by atoms with E-state index in [0.29, 0.717) is 6.04 Å². The van der Waals surface area contributed by atoms with Gasteiger partial charge in [-0.25, -0.2) is 5.01 Å². The van der Waals surface area contributed by atoms with Crippen molar-refractivity contribution in [1.82, 2.24) is 9.91 Å². The van der Waals surface area contributed by atoms with Gasteiger partial charge in [-0.3, -0.25) is 0 Å². The zero-order chi connectivity index (χ0) is 19.3. The molecule has 1 spiro atoms. The molecule has 3 aliphatic rings. The Bertz CT molecular complexity index is 882. The summed E-state index contributed by atoms with van der Waals surface area (Å²) < 4.78 is 18.0. The molecule has 2 aromatic rings. The van der Waals surface area contributed by atoms with E-state index >= 15 is 0 Å². The third kappa shape index (κ3) is 2.62. The number of ether oxygens (including phenoxy) is 2. The van der Waals surface area contributed by atoms with Crippen LogP contribution in [-0.4, -0.2) is 47.6 Å². The Balaban J connectivity index is 1.57. The van der Waals surface area contributed by atoms with Crippen molar-refractivity contribution in [3.63, 3.8) is 0 Å². The minimum absolute atomic E-state index is 0.143. The molecule has 28 heavy (non-hydrogen) atoms. The number of rotatable bonds is 3. The van der Waals surface area contributed by atoms with Gasteiger partial charge in [-0.15, -0.1) is 0 Å². The van der Waals surface area contributed by atoms with E-state index < -0.39 is 5.72 Å². The van der Waals surface area contributed by atoms with E-state index in [2.05, 4.69) is 29.8 Å². The van der Waals surface area contributed by atoms with Gasteiger partial charge >= 0.3 is 0 Å². The van der Waals surface area contributed by atoms with Gasteiger partial charge in [0.25, 0.3) is 0 Å². The van der Waals surface area contributed by atoms with Crippen LogP contribution in [0.15, 0.2) is 46.1 Å². The number of piperidine rings is 1. The molecule has 6 nitrogen and oxygen atoms in total. The van der Waals surface area contributed by atoms with Gasteiger partial charge in [0.2, 0.25) is 5.72 Å². The van der Waals surface area contributed by atoms with Crippen LogP contribution in [-0.2, 0) is 0 Å². The van der Waals surface area contributed by atoms with Gasteiger partial charge in [-0.1, -0.05) is 12.1 Å². The second kappa shape index (κ2) is 6.55. The molecule has 0 amide bonds. The van der Waals surface area contributed by atoms with Gasteiger partial charge in [0, 0.05) is 44.0 Å². The average Bonchev–Trinajstić information content (AvgIpc) is 3.38. The summed E-state index contributed by atoms with van der Waals surface area (Å²) in [4.78, 5) is 2.51. The number of methoxy groups -OCH3 is 1. The summed E-state index contributed by atoms with van der Waals surface area (Å²) in [6, 6.07) is 10.7. The van der Waals surface area contributed by atoms with Crippen molar-refractivity contribution in [3.8, 4) is 11.5 Å². The van der Waals surface area contributed by atoms with E-state index in [-0.39, 0.29) is 6.04 Å². The van der Waals surface area contributed by atoms with Crippen LogP contribution in [0.4, 0.5) is 0 Å². The number of benzene rings is 1. The zero-order valence-electron chi connectivity index (χ0n) is 16.7. The zero-order valence-corrected chi connectivity index (χ0v) is 16.7. The quantitative estimate of drug-likeness (QED) is 0.803. The molecule has 0 N–H and O–H groups in total. The molecule has 3 aliphatic heterocycles. The molecular weight excluding hydrogens is 354 g/mol. The highest BCUT2D eigenvalue weighted by atomic mass is 16.5. The number of furan rings is 1. The Hall–Kier alpha value is -2.47. The lowest BCUT2D eigenvalue weighted by atomic mass is 9.90. The van der Waals surface area contributed by atoms with Gasteiger partial charge in [-0.05, 0) is 32.0 Å². The van der Waals surface area contributed by atoms with Crippen molar-refractivity contribution < 1.29 is 13.9 Å². The van der Waals surface area contributed by atoms with Crippen molar-refractivity contribution in [2.45, 2.75) is 50.9 Å². The first-order valence-corrected chi connectivity index (χ1v) is 10.1. The summed E-state index contributed by atoms with van der Waals surface area (Å²) in [5, 5.41) is 7.24. The summed E-state index contributed by atoms with van der Waals surface area (Å²) in [6.45, 7) is 6.50. The van der Waals surface area contributed by atoms with Crippen molar-refractivity contribution in [2.24, 2.45) is 5.10 Å². The predicted octanol–water partition coefficient (Wildman–Crippen LogP) is 4.03. The van der Waals surface area contributed by atoms with Gasteiger partial charge in [0.15, 0.2) is 11.5 Å². The van der Waals surface area contributed by atoms with Gasteiger partial charge in [0.05, 0.1) is 19.4 Å². The average molecular weight is 381 g/mol. The van der Waals surface area contributed by atoms with Crippen molar-refractivity contribution >= 4 is 5.71 Å². The predicted molar refractivity (Wildman–Crippen MR) is 107 cm³/mol. The fourth-order valence-corrected chi connectivity index (χ4v) is 4.74. The SMILES string of the molecule is COc1cccc2c1OC1(CCN(C(C)C)CC1)N1N=C(c3ccco3)CC21. The van der Waals surface area contributed by atoms with Crippen LogP contribution in [0, 0.1) is 0 Å². The minimum atomic E-state index is -0.438. The van der Waals surface area contributed by atoms with Crippen LogP contribution in [0.5, 0.6) is 11.5 Å². The molecule has 0 saturated carbocycles. The Morgan fingerprint density at radius 2 is 2.00 bits per heavy atom. The van der Waals surface area contributed by atoms with E-state index in [0.717, 1.165) is 60.9 Å². The number of hydrogen-bond acceptors (Lipinski definition) is 6. The van der Waals surface area contributed by atoms with Crippen molar-refractivity contribution in [2.75, 3.05) is 20.2 Å². The van der Waals surface area contributed by atoms with Crippen LogP contribution >= 0.6 is 0 Å². The van der Waals surface area contributed by atoms with Gasteiger partial charge in [-0.2, -0.15) is 5.10 Å². The van der Waals surface area contributed by atoms with E-state index in [1.807, 2.05) is 24.3 Å². The molecule has 0 aliphatic carbocycles. The molecule has 1 atom stereocenters. The first-order valence-electron chi connectivity index (χ1n) is 10.1. The molecule has 1 aromatic carbocycles. The number of likely N-dealkylation sites (tertiary alicyclic amines) is 1. The number of nitrogens with zero attached hydrogens (tertiary/aromatic N) is 3. The lowest BCUT2D eigenvalue weighted by Crippen LogP contribution is -2.59. The van der Waals surface area contributed by atoms with Crippen LogP contribution in [0.2, 0.25) is 0 Å². The number of para-hydroxylation sites is 1. The fraction of sp³-hybridized carbons (Fsp3) is 0.500. The third-order valence-electron chi connectivity index (χ3n) is 6.32. The molecule has 1 unspecified atom stereocenters. The molecule has 0 radical (unpaired) electrons. The summed E-state index contributed by atoms with van der Waals surface area (Å²) in [6.07, 6.45) is 4.34. The summed E-state index contributed by atoms with van der Waals surface area (Å²) in [5.74, 6) is 2.52. The highest BCUT2D eigenvalue weighted by molar-refractivity contribution is 5.99. The van der Waals surface area contributed by atoms with Gasteiger partial charge in [0.1, 0.15) is 11.5 Å². The first kappa shape index (κ1) is 17.6. The highest BCUT2D eigenvalue weighted by Crippen LogP contribution is 2.52. The molecule has 6 heteroatoms. The molecule has 1 fully saturated rings. The lowest BCUT2D eigenvalue weighted by Gasteiger charge is -2.51. The largest absolute Gasteiger partial charge is 0.493 e. The Kier molecular flexibility index (Phi) is 4.12. The van der Waals surface area contributed by atoms with Crippen LogP contribution in [0.1, 0.15) is 50.5 Å². The van der Waals surface area contributed by atoms with E-state index in [1.54, 1.807) is 13.4 Å². The highest BCUT2D eigenvalue weighted by Gasteiger charge is 2.52. The topological polar surface area (TPSA) is 50.4 Å². The van der Waals surface area contributed by atoms with Crippen LogP contribution in [0.25, 0.3) is 0 Å². The number of fused-ring (bicyclic) bond motifs is 4. The molecular formula is C22H27N3O3. The summed E-state index contributed by atoms with van der Waals surface area (Å²) >= 11 is 0. The Morgan fingerprint density at radius 3 is 2.68 bits per heavy atom. The minimum Gasteiger partial charge on any atom is -0.493 e. The monoisotopic (exact) mass is 381 g/mol. The van der Waals surface area contributed by atoms with E-state index in [9.17, 15) is 0 Å². The molecule has 5 rings (SSSR count). The number of hydrogen-bond donors (Lipinski definition) is 0. The van der Waals surface area contributed by atoms with Crippen molar-refractivity contribution in [1.29, 1.82) is 0 Å². The smallest absolute Gasteiger partial charge is 0.200 e. The summed E-state index contributed by atoms with van der Waals surface area (Å²) in [7, 11) is 1.71. The molecule has 1 aromatic heterocycles. The van der Waals surface area contributed by atoms with E-state index in [1.165, 1.54) is 0 Å². The van der Waals surface area contributed by atoms with E-state index in [4.69, 9.17) is 19.0 Å². The lowest BCUT2D eigenvalue weighted by molar-refractivity contribution is -0.153. The van der Waals surface area contributed by atoms with Crippen LogP contribution < -0.4 is 9.47 Å². The second-order valence-corrected chi connectivity index (χ2v) is 8.15. The van der Waals surface area contributed by atoms with Gasteiger partial charge < -0.3 is 18.8 Å². The Morgan fingerprint density at radius 1 is 1.18 bits per heavy atom. The Labute approximate surface area is 165 Å². The molecule has 1 saturated heterocycles. The third-order valence-corrected chi connectivity index (χ3v) is 6.32. The van der Waals surface area contributed by atoms with Crippen LogP contribution in [0.3, 0.4) is 0 Å². The maximum Gasteiger partial charge on any atom is 0.200 e. The molecule has 148 valence electrons.